The van der Waals surface area contributed by atoms with Crippen LogP contribution in [0.15, 0.2) is 12.1 Å². The fraction of sp³-hybridized carbons (Fsp3) is 0.714. The molecule has 1 heterocycles. The van der Waals surface area contributed by atoms with Crippen LogP contribution >= 0.6 is 0 Å². The maximum atomic E-state index is 14.4. The highest BCUT2D eigenvalue weighted by Gasteiger charge is 2.33. The Bertz CT molecular complexity index is 742. The van der Waals surface area contributed by atoms with E-state index in [4.69, 9.17) is 0 Å². The van der Waals surface area contributed by atoms with Crippen molar-refractivity contribution >= 4 is 17.5 Å². The molecule has 3 rings (SSSR count). The Morgan fingerprint density at radius 3 is 2.00 bits per heavy atom. The molecule has 1 saturated carbocycles. The Morgan fingerprint density at radius 2 is 1.59 bits per heavy atom. The quantitative estimate of drug-likeness (QED) is 0.393. The molecular weight excluding hydrogens is 434 g/mol. The molecule has 2 fully saturated rings. The summed E-state index contributed by atoms with van der Waals surface area (Å²) in [5, 5.41) is 5.34. The third kappa shape index (κ3) is 10.1. The Labute approximate surface area is 205 Å². The van der Waals surface area contributed by atoms with E-state index in [1.807, 2.05) is 0 Å². The second-order valence-corrected chi connectivity index (χ2v) is 9.97. The maximum Gasteiger partial charge on any atom is 0.234 e. The van der Waals surface area contributed by atoms with E-state index in [1.54, 1.807) is 0 Å². The summed E-state index contributed by atoms with van der Waals surface area (Å²) >= 11 is 0. The van der Waals surface area contributed by atoms with Crippen molar-refractivity contribution in [1.82, 2.24) is 5.32 Å². The molecule has 2 N–H and O–H groups in total. The van der Waals surface area contributed by atoms with E-state index in [0.29, 0.717) is 11.6 Å². The van der Waals surface area contributed by atoms with Crippen LogP contribution in [0, 0.1) is 23.5 Å². The molecule has 2 aliphatic rings. The SMILES string of the molecule is CCC1CCC(Nc2cc(F)c(C3CCC(=O)NC3=O)c(F)c2)C1.CCCC.CCCC(C)C. The van der Waals surface area contributed by atoms with Crippen molar-refractivity contribution in [1.29, 1.82) is 0 Å². The number of unbranched alkanes of at least 4 members (excludes halogenated alkanes) is 1. The van der Waals surface area contributed by atoms with Crippen LogP contribution in [0.2, 0.25) is 0 Å². The van der Waals surface area contributed by atoms with Gasteiger partial charge in [-0.2, -0.15) is 0 Å². The minimum Gasteiger partial charge on any atom is -0.382 e. The molecule has 0 bridgehead atoms. The molecule has 3 unspecified atom stereocenters. The van der Waals surface area contributed by atoms with E-state index in [-0.39, 0.29) is 24.4 Å². The Balaban J connectivity index is 0.000000489. The Hall–Kier alpha value is -1.98. The lowest BCUT2D eigenvalue weighted by Crippen LogP contribution is -2.40. The molecular formula is C28H46F2N2O2. The number of nitrogens with one attached hydrogen (secondary N) is 2. The van der Waals surface area contributed by atoms with Crippen LogP contribution in [0.3, 0.4) is 0 Å². The molecule has 1 aliphatic heterocycles. The smallest absolute Gasteiger partial charge is 0.234 e. The molecule has 1 aromatic carbocycles. The lowest BCUT2D eigenvalue weighted by atomic mass is 9.89. The van der Waals surface area contributed by atoms with Gasteiger partial charge in [-0.05, 0) is 49.7 Å². The number of imide groups is 1. The number of hydrogen-bond acceptors (Lipinski definition) is 3. The predicted octanol–water partition coefficient (Wildman–Crippen LogP) is 7.72. The van der Waals surface area contributed by atoms with Gasteiger partial charge in [0.25, 0.3) is 0 Å². The lowest BCUT2D eigenvalue weighted by molar-refractivity contribution is -0.134. The Morgan fingerprint density at radius 1 is 0.971 bits per heavy atom. The highest BCUT2D eigenvalue weighted by molar-refractivity contribution is 6.01. The molecule has 6 heteroatoms. The van der Waals surface area contributed by atoms with Crippen LogP contribution in [0.4, 0.5) is 14.5 Å². The first kappa shape index (κ1) is 30.1. The molecule has 4 nitrogen and oxygen atoms in total. The number of halogens is 2. The summed E-state index contributed by atoms with van der Waals surface area (Å²) in [4.78, 5) is 23.1. The van der Waals surface area contributed by atoms with Gasteiger partial charge in [0.15, 0.2) is 0 Å². The highest BCUT2D eigenvalue weighted by Crippen LogP contribution is 2.33. The van der Waals surface area contributed by atoms with Gasteiger partial charge >= 0.3 is 0 Å². The minimum atomic E-state index is -0.951. The van der Waals surface area contributed by atoms with Gasteiger partial charge in [-0.25, -0.2) is 8.78 Å². The van der Waals surface area contributed by atoms with Crippen LogP contribution in [0.25, 0.3) is 0 Å². The van der Waals surface area contributed by atoms with Gasteiger partial charge in [-0.1, -0.05) is 73.6 Å². The van der Waals surface area contributed by atoms with E-state index >= 15 is 0 Å². The summed E-state index contributed by atoms with van der Waals surface area (Å²) in [6.07, 6.45) is 9.83. The fourth-order valence-corrected chi connectivity index (χ4v) is 4.36. The number of benzene rings is 1. The normalized spacial score (nSPS) is 21.9. The first-order valence-electron chi connectivity index (χ1n) is 13.3. The number of piperidine rings is 1. The molecule has 34 heavy (non-hydrogen) atoms. The lowest BCUT2D eigenvalue weighted by Gasteiger charge is -2.23. The first-order valence-corrected chi connectivity index (χ1v) is 13.3. The number of rotatable bonds is 7. The van der Waals surface area contributed by atoms with Crippen LogP contribution in [-0.4, -0.2) is 17.9 Å². The summed E-state index contributed by atoms with van der Waals surface area (Å²) in [6, 6.07) is 2.73. The summed E-state index contributed by atoms with van der Waals surface area (Å²) in [6.45, 7) is 13.2. The number of amides is 2. The topological polar surface area (TPSA) is 58.2 Å². The maximum absolute atomic E-state index is 14.4. The van der Waals surface area contributed by atoms with Crippen LogP contribution in [0.5, 0.6) is 0 Å². The van der Waals surface area contributed by atoms with Gasteiger partial charge < -0.3 is 5.32 Å². The Kier molecular flexibility index (Phi) is 14.0. The second-order valence-electron chi connectivity index (χ2n) is 9.97. The predicted molar refractivity (Wildman–Crippen MR) is 137 cm³/mol. The van der Waals surface area contributed by atoms with Crippen molar-refractivity contribution in [2.45, 2.75) is 118 Å². The van der Waals surface area contributed by atoms with Gasteiger partial charge in [0.05, 0.1) is 5.92 Å². The minimum absolute atomic E-state index is 0.0930. The van der Waals surface area contributed by atoms with Crippen molar-refractivity contribution in [3.63, 3.8) is 0 Å². The molecule has 0 radical (unpaired) electrons. The second kappa shape index (κ2) is 15.8. The molecule has 194 valence electrons. The highest BCUT2D eigenvalue weighted by atomic mass is 19.1. The average Bonchev–Trinajstić information content (AvgIpc) is 3.23. The summed E-state index contributed by atoms with van der Waals surface area (Å²) < 4.78 is 28.9. The van der Waals surface area contributed by atoms with E-state index in [0.717, 1.165) is 31.6 Å². The van der Waals surface area contributed by atoms with Gasteiger partial charge in [0.2, 0.25) is 11.8 Å². The summed E-state index contributed by atoms with van der Waals surface area (Å²) in [5.74, 6) is -1.90. The largest absolute Gasteiger partial charge is 0.382 e. The monoisotopic (exact) mass is 480 g/mol. The number of hydrogen-bond donors (Lipinski definition) is 2. The molecule has 1 aliphatic carbocycles. The van der Waals surface area contributed by atoms with E-state index in [1.165, 1.54) is 37.8 Å². The van der Waals surface area contributed by atoms with Crippen LogP contribution in [0.1, 0.15) is 117 Å². The summed E-state index contributed by atoms with van der Waals surface area (Å²) in [7, 11) is 0. The number of anilines is 1. The molecule has 0 spiro atoms. The molecule has 2 amide bonds. The molecule has 0 aromatic heterocycles. The number of carbonyl (C=O) groups is 2. The third-order valence-corrected chi connectivity index (χ3v) is 6.52. The van der Waals surface area contributed by atoms with Gasteiger partial charge in [-0.15, -0.1) is 0 Å². The first-order chi connectivity index (χ1) is 16.2. The molecule has 1 saturated heterocycles. The fourth-order valence-electron chi connectivity index (χ4n) is 4.36. The zero-order valence-corrected chi connectivity index (χ0v) is 22.1. The third-order valence-electron chi connectivity index (χ3n) is 6.52. The molecule has 3 atom stereocenters. The van der Waals surface area contributed by atoms with Crippen molar-refractivity contribution in [3.8, 4) is 0 Å². The zero-order chi connectivity index (χ0) is 25.7. The van der Waals surface area contributed by atoms with Gasteiger partial charge in [-0.3, -0.25) is 14.9 Å². The zero-order valence-electron chi connectivity index (χ0n) is 22.1. The standard InChI is InChI=1S/C18H22F2N2O2.C6H14.C4H10/c1-2-10-3-4-11(7-10)21-12-8-14(19)17(15(20)9-12)13-5-6-16(23)22-18(13)24;1-4-5-6(2)3;1-3-4-2/h8-11,13,21H,2-7H2,1H3,(H,22,23,24);6H,4-5H2,1-3H3;3-4H2,1-2H3. The van der Waals surface area contributed by atoms with E-state index in [9.17, 15) is 18.4 Å². The van der Waals surface area contributed by atoms with E-state index in [2.05, 4.69) is 52.2 Å². The number of carbonyl (C=O) groups excluding carboxylic acids is 2. The van der Waals surface area contributed by atoms with E-state index < -0.39 is 29.4 Å². The van der Waals surface area contributed by atoms with Crippen molar-refractivity contribution in [3.05, 3.63) is 29.3 Å². The van der Waals surface area contributed by atoms with Crippen molar-refractivity contribution in [2.75, 3.05) is 5.32 Å². The van der Waals surface area contributed by atoms with Crippen LogP contribution < -0.4 is 10.6 Å². The average molecular weight is 481 g/mol. The van der Waals surface area contributed by atoms with Gasteiger partial charge in [0, 0.05) is 23.7 Å². The van der Waals surface area contributed by atoms with Crippen molar-refractivity contribution in [2.24, 2.45) is 11.8 Å². The molecule has 1 aromatic rings. The van der Waals surface area contributed by atoms with Gasteiger partial charge in [0.1, 0.15) is 11.6 Å². The summed E-state index contributed by atoms with van der Waals surface area (Å²) in [5.41, 5.74) is 0.159. The van der Waals surface area contributed by atoms with Crippen LogP contribution in [-0.2, 0) is 9.59 Å². The van der Waals surface area contributed by atoms with Crippen molar-refractivity contribution < 1.29 is 18.4 Å².